The van der Waals surface area contributed by atoms with Crippen molar-refractivity contribution in [2.45, 2.75) is 57.0 Å². The van der Waals surface area contributed by atoms with Crippen LogP contribution in [0.1, 0.15) is 37.1 Å². The minimum absolute atomic E-state index is 0.0477. The molecule has 1 N–H and O–H groups in total. The largest absolute Gasteiger partial charge is 0.352 e. The quantitative estimate of drug-likeness (QED) is 0.867. The van der Waals surface area contributed by atoms with Gasteiger partial charge in [-0.2, -0.15) is 5.10 Å². The summed E-state index contributed by atoms with van der Waals surface area (Å²) in [4.78, 5) is 12.3. The zero-order chi connectivity index (χ0) is 16.5. The highest BCUT2D eigenvalue weighted by atomic mass is 32.2. The second-order valence-corrected chi connectivity index (χ2v) is 8.08. The summed E-state index contributed by atoms with van der Waals surface area (Å²) in [6.07, 6.45) is 4.33. The molecule has 0 bridgehead atoms. The topological polar surface area (TPSA) is 84.3 Å². The van der Waals surface area contributed by atoms with Crippen LogP contribution in [0.15, 0.2) is 4.90 Å². The Morgan fingerprint density at radius 3 is 2.45 bits per heavy atom. The van der Waals surface area contributed by atoms with Crippen molar-refractivity contribution in [2.75, 3.05) is 14.1 Å². The molecule has 1 aromatic heterocycles. The van der Waals surface area contributed by atoms with Crippen LogP contribution in [0, 0.1) is 13.8 Å². The van der Waals surface area contributed by atoms with Crippen LogP contribution in [-0.4, -0.2) is 48.5 Å². The standard InChI is InChI=1S/C14H24N4O3S/c1-10-14(22(20,21)17(3)4)11(2)18(16-10)9-13(19)15-12-7-5-6-8-12/h12H,5-9H2,1-4H3,(H,15,19). The van der Waals surface area contributed by atoms with Crippen LogP contribution in [0.4, 0.5) is 0 Å². The second kappa shape index (κ2) is 6.37. The van der Waals surface area contributed by atoms with Gasteiger partial charge in [0, 0.05) is 20.1 Å². The highest BCUT2D eigenvalue weighted by molar-refractivity contribution is 7.89. The molecule has 0 spiro atoms. The van der Waals surface area contributed by atoms with Crippen LogP contribution >= 0.6 is 0 Å². The third-order valence-corrected chi connectivity index (χ3v) is 6.14. The fraction of sp³-hybridized carbons (Fsp3) is 0.714. The minimum Gasteiger partial charge on any atom is -0.352 e. The number of carbonyl (C=O) groups is 1. The predicted octanol–water partition coefficient (Wildman–Crippen LogP) is 0.809. The molecule has 0 aromatic carbocycles. The first kappa shape index (κ1) is 17.0. The summed E-state index contributed by atoms with van der Waals surface area (Å²) < 4.78 is 27.3. The summed E-state index contributed by atoms with van der Waals surface area (Å²) in [7, 11) is -0.588. The fourth-order valence-electron chi connectivity index (χ4n) is 2.87. The van der Waals surface area contributed by atoms with E-state index in [2.05, 4.69) is 10.4 Å². The molecule has 0 atom stereocenters. The zero-order valence-electron chi connectivity index (χ0n) is 13.6. The number of nitrogens with zero attached hydrogens (tertiary/aromatic N) is 3. The molecule has 2 rings (SSSR count). The maximum atomic E-state index is 12.3. The monoisotopic (exact) mass is 328 g/mol. The van der Waals surface area contributed by atoms with Gasteiger partial charge < -0.3 is 5.32 Å². The van der Waals surface area contributed by atoms with Gasteiger partial charge in [0.2, 0.25) is 15.9 Å². The molecule has 22 heavy (non-hydrogen) atoms. The Labute approximate surface area is 131 Å². The minimum atomic E-state index is -3.56. The van der Waals surface area contributed by atoms with Gasteiger partial charge in [-0.1, -0.05) is 12.8 Å². The van der Waals surface area contributed by atoms with E-state index in [1.165, 1.54) is 18.8 Å². The van der Waals surface area contributed by atoms with Crippen LogP contribution in [0.25, 0.3) is 0 Å². The lowest BCUT2D eigenvalue weighted by Crippen LogP contribution is -2.35. The summed E-state index contributed by atoms with van der Waals surface area (Å²) >= 11 is 0. The van der Waals surface area contributed by atoms with Gasteiger partial charge in [-0.3, -0.25) is 9.48 Å². The molecule has 0 saturated heterocycles. The number of aromatic nitrogens is 2. The van der Waals surface area contributed by atoms with Crippen molar-refractivity contribution < 1.29 is 13.2 Å². The van der Waals surface area contributed by atoms with Gasteiger partial charge >= 0.3 is 0 Å². The smallest absolute Gasteiger partial charge is 0.246 e. The molecule has 1 aliphatic rings. The third kappa shape index (κ3) is 3.33. The van der Waals surface area contributed by atoms with Crippen LogP contribution in [0.2, 0.25) is 0 Å². The Morgan fingerprint density at radius 1 is 1.32 bits per heavy atom. The maximum Gasteiger partial charge on any atom is 0.246 e. The number of nitrogens with one attached hydrogen (secondary N) is 1. The molecule has 7 nitrogen and oxygen atoms in total. The van der Waals surface area contributed by atoms with E-state index in [0.29, 0.717) is 11.4 Å². The van der Waals surface area contributed by atoms with Crippen LogP contribution in [0.3, 0.4) is 0 Å². The zero-order valence-corrected chi connectivity index (χ0v) is 14.4. The molecule has 0 unspecified atom stereocenters. The van der Waals surface area contributed by atoms with Gasteiger partial charge in [-0.25, -0.2) is 12.7 Å². The van der Waals surface area contributed by atoms with Crippen molar-refractivity contribution in [2.24, 2.45) is 0 Å². The first-order valence-corrected chi connectivity index (χ1v) is 8.93. The number of hydrogen-bond acceptors (Lipinski definition) is 4. The van der Waals surface area contributed by atoms with Gasteiger partial charge in [-0.05, 0) is 26.7 Å². The van der Waals surface area contributed by atoms with E-state index >= 15 is 0 Å². The third-order valence-electron chi connectivity index (χ3n) is 4.07. The number of sulfonamides is 1. The Balaban J connectivity index is 2.18. The van der Waals surface area contributed by atoms with Crippen LogP contribution in [-0.2, 0) is 21.4 Å². The summed E-state index contributed by atoms with van der Waals surface area (Å²) in [6, 6.07) is 0.245. The molecule has 1 fully saturated rings. The van der Waals surface area contributed by atoms with E-state index in [0.717, 1.165) is 30.0 Å². The highest BCUT2D eigenvalue weighted by Gasteiger charge is 2.27. The maximum absolute atomic E-state index is 12.3. The summed E-state index contributed by atoms with van der Waals surface area (Å²) in [5.74, 6) is -0.119. The average molecular weight is 328 g/mol. The van der Waals surface area contributed by atoms with E-state index < -0.39 is 10.0 Å². The van der Waals surface area contributed by atoms with E-state index in [4.69, 9.17) is 0 Å². The van der Waals surface area contributed by atoms with Gasteiger partial charge in [0.1, 0.15) is 11.4 Å². The van der Waals surface area contributed by atoms with Gasteiger partial charge in [-0.15, -0.1) is 0 Å². The molecular weight excluding hydrogens is 304 g/mol. The van der Waals surface area contributed by atoms with E-state index in [1.807, 2.05) is 0 Å². The van der Waals surface area contributed by atoms with E-state index in [1.54, 1.807) is 13.8 Å². The van der Waals surface area contributed by atoms with Gasteiger partial charge in [0.15, 0.2) is 0 Å². The molecule has 0 radical (unpaired) electrons. The molecule has 8 heteroatoms. The lowest BCUT2D eigenvalue weighted by atomic mass is 10.2. The van der Waals surface area contributed by atoms with E-state index in [-0.39, 0.29) is 23.4 Å². The first-order valence-electron chi connectivity index (χ1n) is 7.49. The SMILES string of the molecule is Cc1nn(CC(=O)NC2CCCC2)c(C)c1S(=O)(=O)N(C)C. The predicted molar refractivity (Wildman–Crippen MR) is 83.0 cm³/mol. The lowest BCUT2D eigenvalue weighted by molar-refractivity contribution is -0.122. The van der Waals surface area contributed by atoms with Crippen molar-refractivity contribution in [1.82, 2.24) is 19.4 Å². The Bertz CT molecular complexity index is 658. The lowest BCUT2D eigenvalue weighted by Gasteiger charge is -2.13. The summed E-state index contributed by atoms with van der Waals surface area (Å²) in [5.41, 5.74) is 0.910. The molecule has 1 heterocycles. The molecule has 1 aromatic rings. The molecule has 1 amide bonds. The normalized spacial score (nSPS) is 16.4. The Morgan fingerprint density at radius 2 is 1.91 bits per heavy atom. The van der Waals surface area contributed by atoms with Gasteiger partial charge in [0.25, 0.3) is 0 Å². The van der Waals surface area contributed by atoms with E-state index in [9.17, 15) is 13.2 Å². The number of rotatable bonds is 5. The van der Waals surface area contributed by atoms with Crippen LogP contribution < -0.4 is 5.32 Å². The summed E-state index contributed by atoms with van der Waals surface area (Å²) in [5, 5.41) is 7.21. The highest BCUT2D eigenvalue weighted by Crippen LogP contribution is 2.22. The summed E-state index contributed by atoms with van der Waals surface area (Å²) in [6.45, 7) is 3.38. The molecule has 1 aliphatic carbocycles. The second-order valence-electron chi connectivity index (χ2n) is 5.99. The first-order chi connectivity index (χ1) is 10.2. The Kier molecular flexibility index (Phi) is 4.91. The number of aryl methyl sites for hydroxylation is 1. The Hall–Kier alpha value is -1.41. The van der Waals surface area contributed by atoms with Crippen molar-refractivity contribution in [3.8, 4) is 0 Å². The molecule has 124 valence electrons. The van der Waals surface area contributed by atoms with Crippen molar-refractivity contribution in [3.05, 3.63) is 11.4 Å². The van der Waals surface area contributed by atoms with Crippen molar-refractivity contribution >= 4 is 15.9 Å². The average Bonchev–Trinajstić information content (AvgIpc) is 2.98. The number of amides is 1. The van der Waals surface area contributed by atoms with Crippen molar-refractivity contribution in [1.29, 1.82) is 0 Å². The molecule has 1 saturated carbocycles. The van der Waals surface area contributed by atoms with Crippen molar-refractivity contribution in [3.63, 3.8) is 0 Å². The molecular formula is C14H24N4O3S. The molecule has 0 aliphatic heterocycles. The van der Waals surface area contributed by atoms with Gasteiger partial charge in [0.05, 0.1) is 11.4 Å². The number of carbonyl (C=O) groups excluding carboxylic acids is 1. The van der Waals surface area contributed by atoms with Crippen LogP contribution in [0.5, 0.6) is 0 Å². The fourth-order valence-corrected chi connectivity index (χ4v) is 4.13. The number of hydrogen-bond donors (Lipinski definition) is 1.